The van der Waals surface area contributed by atoms with Crippen LogP contribution in [0.25, 0.3) is 22.0 Å². The van der Waals surface area contributed by atoms with Crippen molar-refractivity contribution in [3.8, 4) is 23.0 Å². The molecule has 3 aromatic heterocycles. The number of tetrazole rings is 1. The Hall–Kier alpha value is -4.63. The van der Waals surface area contributed by atoms with Gasteiger partial charge in [-0.3, -0.25) is 9.48 Å². The highest BCUT2D eigenvalue weighted by molar-refractivity contribution is 7.93. The summed E-state index contributed by atoms with van der Waals surface area (Å²) >= 11 is 5.17. The molecule has 0 spiro atoms. The Bertz CT molecular complexity index is 2280. The lowest BCUT2D eigenvalue weighted by molar-refractivity contribution is -0.121. The summed E-state index contributed by atoms with van der Waals surface area (Å²) in [5.41, 5.74) is 2.22. The number of aromatic amines is 1. The van der Waals surface area contributed by atoms with Crippen LogP contribution in [0.15, 0.2) is 42.5 Å². The van der Waals surface area contributed by atoms with E-state index in [0.29, 0.717) is 39.9 Å². The standard InChI is InChI=1S/C33H32ClF2N9O4S2/c1-33(2,51(48,49)22-6-7-22)12-11-21-5-8-23(24-9-10-25(34)29-31(24)45(3)41-32(29)42-50(4)47)30(37-21)26(15-18-13-19(35)16-20(36)14-18)38-28(46)17-27-39-43-44-40-27/h5,8-10,13-14,16,22,26H,6-7,15,17H2,1-4H3,(H,38,46)(H,41,42)(H,39,40,43,44)/t26-,50?/m0/s1. The van der Waals surface area contributed by atoms with E-state index in [4.69, 9.17) is 16.6 Å². The van der Waals surface area contributed by atoms with Crippen molar-refractivity contribution in [2.75, 3.05) is 11.0 Å². The molecule has 1 unspecified atom stereocenters. The molecule has 2 atom stereocenters. The number of hydrogen-bond donors (Lipinski definition) is 3. The van der Waals surface area contributed by atoms with Gasteiger partial charge in [0.25, 0.3) is 0 Å². The number of aromatic nitrogens is 7. The quantitative estimate of drug-likeness (QED) is 0.131. The third-order valence-corrected chi connectivity index (χ3v) is 12.0. The van der Waals surface area contributed by atoms with Crippen LogP contribution in [0.2, 0.25) is 5.02 Å². The zero-order valence-corrected chi connectivity index (χ0v) is 30.2. The first kappa shape index (κ1) is 36.2. The molecule has 0 radical (unpaired) electrons. The van der Waals surface area contributed by atoms with Crippen LogP contribution in [-0.2, 0) is 45.9 Å². The number of carbonyl (C=O) groups excluding carboxylic acids is 1. The maximum absolute atomic E-state index is 14.4. The summed E-state index contributed by atoms with van der Waals surface area (Å²) in [5, 5.41) is 21.1. The zero-order valence-electron chi connectivity index (χ0n) is 27.8. The van der Waals surface area contributed by atoms with Gasteiger partial charge in [-0.05, 0) is 85.4 Å². The van der Waals surface area contributed by atoms with Gasteiger partial charge in [0.05, 0.1) is 50.7 Å². The van der Waals surface area contributed by atoms with Crippen LogP contribution in [0.4, 0.5) is 14.6 Å². The minimum Gasteiger partial charge on any atom is -0.593 e. The number of fused-ring (bicyclic) bond motifs is 1. The van der Waals surface area contributed by atoms with Crippen LogP contribution < -0.4 is 10.0 Å². The van der Waals surface area contributed by atoms with E-state index < -0.39 is 54.8 Å². The second-order valence-corrected chi connectivity index (χ2v) is 16.9. The maximum Gasteiger partial charge on any atom is 0.228 e. The third-order valence-electron chi connectivity index (χ3n) is 8.30. The number of hydrogen-bond acceptors (Lipinski definition) is 10. The van der Waals surface area contributed by atoms with E-state index in [2.05, 4.69) is 47.6 Å². The van der Waals surface area contributed by atoms with Crippen molar-refractivity contribution in [2.24, 2.45) is 7.05 Å². The van der Waals surface area contributed by atoms with Crippen LogP contribution in [0, 0.1) is 23.5 Å². The molecule has 0 aliphatic heterocycles. The minimum absolute atomic E-state index is 0.114. The Balaban J connectivity index is 1.54. The molecule has 1 aliphatic carbocycles. The highest BCUT2D eigenvalue weighted by Crippen LogP contribution is 2.40. The Kier molecular flexibility index (Phi) is 10.1. The summed E-state index contributed by atoms with van der Waals surface area (Å²) in [6, 6.07) is 8.73. The van der Waals surface area contributed by atoms with E-state index in [-0.39, 0.29) is 41.4 Å². The Morgan fingerprint density at radius 1 is 1.18 bits per heavy atom. The normalized spacial score (nSPS) is 14.5. The van der Waals surface area contributed by atoms with Gasteiger partial charge in [-0.25, -0.2) is 27.3 Å². The van der Waals surface area contributed by atoms with Crippen molar-refractivity contribution >= 4 is 55.4 Å². The van der Waals surface area contributed by atoms with E-state index in [1.165, 1.54) is 6.26 Å². The summed E-state index contributed by atoms with van der Waals surface area (Å²) < 4.78 is 70.2. The van der Waals surface area contributed by atoms with Crippen molar-refractivity contribution in [2.45, 2.75) is 55.6 Å². The van der Waals surface area contributed by atoms with Gasteiger partial charge < -0.3 is 9.87 Å². The summed E-state index contributed by atoms with van der Waals surface area (Å²) in [6.45, 7) is 3.09. The number of carbonyl (C=O) groups is 1. The zero-order chi connectivity index (χ0) is 36.7. The van der Waals surface area contributed by atoms with Gasteiger partial charge in [0.2, 0.25) is 11.7 Å². The van der Waals surface area contributed by atoms with Gasteiger partial charge >= 0.3 is 0 Å². The first-order valence-electron chi connectivity index (χ1n) is 15.6. The SMILES string of the molecule is Cn1nc(N[S+](C)[O-])c2c(Cl)ccc(-c3ccc(C#CC(C)(C)S(=O)(=O)C4CC4)nc3[C@H](Cc3cc(F)cc(F)c3)NC(=O)Cc3nnn[nH]3)c21. The molecule has 0 bridgehead atoms. The Morgan fingerprint density at radius 2 is 1.88 bits per heavy atom. The van der Waals surface area contributed by atoms with E-state index in [1.807, 2.05) is 0 Å². The molecule has 3 heterocycles. The summed E-state index contributed by atoms with van der Waals surface area (Å²) in [4.78, 5) is 18.3. The Labute approximate surface area is 300 Å². The maximum atomic E-state index is 14.4. The first-order valence-corrected chi connectivity index (χ1v) is 19.1. The predicted molar refractivity (Wildman–Crippen MR) is 188 cm³/mol. The molecule has 0 saturated heterocycles. The number of rotatable bonds is 11. The van der Waals surface area contributed by atoms with Gasteiger partial charge in [0.15, 0.2) is 15.7 Å². The lowest BCUT2D eigenvalue weighted by Gasteiger charge is -2.22. The average molecular weight is 756 g/mol. The van der Waals surface area contributed by atoms with Crippen molar-refractivity contribution in [1.82, 2.24) is 40.7 Å². The highest BCUT2D eigenvalue weighted by atomic mass is 35.5. The number of aryl methyl sites for hydroxylation is 1. The number of nitrogens with one attached hydrogen (secondary N) is 3. The smallest absolute Gasteiger partial charge is 0.228 e. The van der Waals surface area contributed by atoms with E-state index in [9.17, 15) is 26.5 Å². The van der Waals surface area contributed by atoms with Crippen molar-refractivity contribution < 1.29 is 26.5 Å². The fraction of sp³-hybridized carbons (Fsp3) is 0.333. The van der Waals surface area contributed by atoms with Crippen molar-refractivity contribution in [3.63, 3.8) is 0 Å². The van der Waals surface area contributed by atoms with Crippen LogP contribution in [-0.4, -0.2) is 70.5 Å². The number of anilines is 1. The molecule has 1 fully saturated rings. The predicted octanol–water partition coefficient (Wildman–Crippen LogP) is 4.14. The van der Waals surface area contributed by atoms with Gasteiger partial charge in [-0.1, -0.05) is 23.6 Å². The molecule has 5 aromatic rings. The molecule has 2 aromatic carbocycles. The largest absolute Gasteiger partial charge is 0.593 e. The number of H-pyrrole nitrogens is 1. The molecule has 51 heavy (non-hydrogen) atoms. The molecule has 6 rings (SSSR count). The van der Waals surface area contributed by atoms with Crippen molar-refractivity contribution in [1.29, 1.82) is 0 Å². The highest BCUT2D eigenvalue weighted by Gasteiger charge is 2.45. The van der Waals surface area contributed by atoms with Crippen molar-refractivity contribution in [3.05, 3.63) is 81.9 Å². The number of pyridine rings is 1. The van der Waals surface area contributed by atoms with Gasteiger partial charge in [-0.15, -0.1) is 5.10 Å². The fourth-order valence-electron chi connectivity index (χ4n) is 5.75. The van der Waals surface area contributed by atoms with E-state index >= 15 is 0 Å². The molecule has 1 aliphatic rings. The fourth-order valence-corrected chi connectivity index (χ4v) is 8.19. The number of nitrogens with zero attached hydrogens (tertiary/aromatic N) is 6. The summed E-state index contributed by atoms with van der Waals surface area (Å²) in [7, 11) is -1.86. The van der Waals surface area contributed by atoms with E-state index in [1.54, 1.807) is 49.8 Å². The number of benzene rings is 2. The second-order valence-electron chi connectivity index (χ2n) is 12.6. The number of halogens is 3. The number of sulfone groups is 1. The van der Waals surface area contributed by atoms with Crippen LogP contribution in [0.3, 0.4) is 0 Å². The molecule has 1 saturated carbocycles. The molecule has 266 valence electrons. The Morgan fingerprint density at radius 3 is 2.53 bits per heavy atom. The molecule has 1 amide bonds. The lowest BCUT2D eigenvalue weighted by Crippen LogP contribution is -2.33. The molecule has 3 N–H and O–H groups in total. The monoisotopic (exact) mass is 755 g/mol. The van der Waals surface area contributed by atoms with Crippen LogP contribution >= 0.6 is 11.6 Å². The average Bonchev–Trinajstić information content (AvgIpc) is 3.71. The van der Waals surface area contributed by atoms with Crippen LogP contribution in [0.5, 0.6) is 0 Å². The van der Waals surface area contributed by atoms with Gasteiger partial charge in [-0.2, -0.15) is 9.82 Å². The summed E-state index contributed by atoms with van der Waals surface area (Å²) in [6.07, 6.45) is 2.27. The second kappa shape index (κ2) is 14.2. The molecule has 18 heteroatoms. The van der Waals surface area contributed by atoms with Gasteiger partial charge in [0.1, 0.15) is 28.3 Å². The number of amides is 1. The van der Waals surface area contributed by atoms with Gasteiger partial charge in [0, 0.05) is 24.2 Å². The molecular weight excluding hydrogens is 724 g/mol. The summed E-state index contributed by atoms with van der Waals surface area (Å²) in [5.74, 6) is 4.10. The van der Waals surface area contributed by atoms with Crippen LogP contribution in [0.1, 0.15) is 55.5 Å². The molecular formula is C33H32ClF2N9O4S2. The first-order chi connectivity index (χ1) is 24.1. The lowest BCUT2D eigenvalue weighted by atomic mass is 9.93. The third kappa shape index (κ3) is 7.83. The van der Waals surface area contributed by atoms with E-state index in [0.717, 1.165) is 18.2 Å². The topological polar surface area (TPSA) is 183 Å². The minimum atomic E-state index is -3.54. The molecule has 13 nitrogen and oxygen atoms in total.